The van der Waals surface area contributed by atoms with E-state index in [4.69, 9.17) is 5.73 Å². The lowest BCUT2D eigenvalue weighted by molar-refractivity contribution is 0.0931. The summed E-state index contributed by atoms with van der Waals surface area (Å²) in [6, 6.07) is 7.71. The molecule has 0 radical (unpaired) electrons. The van der Waals surface area contributed by atoms with Gasteiger partial charge in [0.15, 0.2) is 5.78 Å². The van der Waals surface area contributed by atoms with Crippen molar-refractivity contribution in [2.45, 2.75) is 19.9 Å². The topological polar surface area (TPSA) is 106 Å². The van der Waals surface area contributed by atoms with E-state index in [1.807, 2.05) is 6.92 Å². The number of nitrogens with one attached hydrogen (secondary N) is 2. The number of amides is 3. The van der Waals surface area contributed by atoms with Crippen LogP contribution >= 0.6 is 0 Å². The number of primary amides is 1. The Morgan fingerprint density at radius 2 is 1.79 bits per heavy atom. The average Bonchev–Trinajstić information content (AvgIpc) is 2.89. The van der Waals surface area contributed by atoms with Crippen molar-refractivity contribution in [2.75, 3.05) is 5.32 Å². The Labute approximate surface area is 139 Å². The first-order chi connectivity index (χ1) is 11.3. The largest absolute Gasteiger partial charge is 0.351 e. The third-order valence-electron chi connectivity index (χ3n) is 3.67. The minimum atomic E-state index is -0.630. The first-order valence-corrected chi connectivity index (χ1v) is 7.42. The summed E-state index contributed by atoms with van der Waals surface area (Å²) in [6.07, 6.45) is 1.63. The first kappa shape index (κ1) is 17.3. The molecule has 0 aliphatic heterocycles. The van der Waals surface area contributed by atoms with Crippen LogP contribution in [0.15, 0.2) is 36.5 Å². The lowest BCUT2D eigenvalue weighted by atomic mass is 10.1. The maximum Gasteiger partial charge on any atom is 0.316 e. The van der Waals surface area contributed by atoms with Gasteiger partial charge in [-0.25, -0.2) is 4.79 Å². The fourth-order valence-electron chi connectivity index (χ4n) is 2.33. The number of hydrogen-bond acceptors (Lipinski definition) is 3. The predicted molar refractivity (Wildman–Crippen MR) is 90.9 cm³/mol. The lowest BCUT2D eigenvalue weighted by Gasteiger charge is -2.15. The summed E-state index contributed by atoms with van der Waals surface area (Å²) in [7, 11) is 1.72. The lowest BCUT2D eigenvalue weighted by Crippen LogP contribution is -2.28. The first-order valence-electron chi connectivity index (χ1n) is 7.42. The monoisotopic (exact) mass is 328 g/mol. The number of rotatable bonds is 5. The van der Waals surface area contributed by atoms with Crippen molar-refractivity contribution in [3.8, 4) is 0 Å². The highest BCUT2D eigenvalue weighted by molar-refractivity contribution is 5.99. The number of ketones is 1. The molecule has 1 atom stereocenters. The minimum absolute atomic E-state index is 0.0877. The van der Waals surface area contributed by atoms with Crippen molar-refractivity contribution in [2.24, 2.45) is 12.8 Å². The van der Waals surface area contributed by atoms with Crippen molar-refractivity contribution in [1.29, 1.82) is 0 Å². The molecule has 24 heavy (non-hydrogen) atoms. The highest BCUT2D eigenvalue weighted by atomic mass is 16.2. The molecule has 1 heterocycles. The van der Waals surface area contributed by atoms with Crippen LogP contribution in [-0.4, -0.2) is 22.3 Å². The van der Waals surface area contributed by atoms with Crippen molar-refractivity contribution in [3.05, 3.63) is 53.3 Å². The van der Waals surface area contributed by atoms with E-state index in [1.54, 1.807) is 48.1 Å². The fourth-order valence-corrected chi connectivity index (χ4v) is 2.33. The second-order valence-corrected chi connectivity index (χ2v) is 5.59. The SMILES string of the molecule is CC(=O)c1cc(C(=O)NC(C)c2ccc(NC(N)=O)cc2)n(C)c1. The van der Waals surface area contributed by atoms with E-state index < -0.39 is 6.03 Å². The van der Waals surface area contributed by atoms with E-state index in [1.165, 1.54) is 6.92 Å². The van der Waals surface area contributed by atoms with Crippen molar-refractivity contribution >= 4 is 23.4 Å². The molecule has 7 heteroatoms. The number of nitrogens with two attached hydrogens (primary N) is 1. The summed E-state index contributed by atoms with van der Waals surface area (Å²) in [6.45, 7) is 3.31. The second-order valence-electron chi connectivity index (χ2n) is 5.59. The number of Topliss-reactive ketones (excluding diaryl/α,β-unsaturated/α-hetero) is 1. The molecule has 0 saturated carbocycles. The van der Waals surface area contributed by atoms with Gasteiger partial charge in [-0.2, -0.15) is 0 Å². The molecule has 126 valence electrons. The minimum Gasteiger partial charge on any atom is -0.351 e. The standard InChI is InChI=1S/C17H20N4O3/c1-10(12-4-6-14(7-5-12)20-17(18)24)19-16(23)15-8-13(11(2)22)9-21(15)3/h4-10H,1-3H3,(H,19,23)(H3,18,20,24). The average molecular weight is 328 g/mol. The Morgan fingerprint density at radius 1 is 1.17 bits per heavy atom. The number of benzene rings is 1. The summed E-state index contributed by atoms with van der Waals surface area (Å²) in [5.74, 6) is -0.355. The summed E-state index contributed by atoms with van der Waals surface area (Å²) >= 11 is 0. The molecule has 7 nitrogen and oxygen atoms in total. The Kier molecular flexibility index (Phi) is 5.03. The molecule has 4 N–H and O–H groups in total. The number of aryl methyl sites for hydroxylation is 1. The van der Waals surface area contributed by atoms with Gasteiger partial charge in [0.2, 0.25) is 0 Å². The number of aromatic nitrogens is 1. The van der Waals surface area contributed by atoms with E-state index in [0.29, 0.717) is 16.9 Å². The third-order valence-corrected chi connectivity index (χ3v) is 3.67. The predicted octanol–water partition coefficient (Wildman–Crippen LogP) is 2.21. The number of carbonyl (C=O) groups is 3. The molecular weight excluding hydrogens is 308 g/mol. The Bertz CT molecular complexity index is 778. The fraction of sp³-hybridized carbons (Fsp3) is 0.235. The molecule has 2 rings (SSSR count). The van der Waals surface area contributed by atoms with Crippen LogP contribution in [0.5, 0.6) is 0 Å². The van der Waals surface area contributed by atoms with Gasteiger partial charge < -0.3 is 20.9 Å². The summed E-state index contributed by atoms with van der Waals surface area (Å²) in [4.78, 5) is 34.6. The van der Waals surface area contributed by atoms with E-state index in [-0.39, 0.29) is 17.7 Å². The van der Waals surface area contributed by atoms with E-state index >= 15 is 0 Å². The molecule has 0 saturated heterocycles. The molecule has 1 unspecified atom stereocenters. The molecule has 0 aliphatic rings. The molecule has 0 aliphatic carbocycles. The van der Waals surface area contributed by atoms with Crippen LogP contribution in [0.2, 0.25) is 0 Å². The maximum absolute atomic E-state index is 12.4. The van der Waals surface area contributed by atoms with Gasteiger partial charge in [-0.3, -0.25) is 9.59 Å². The van der Waals surface area contributed by atoms with Crippen LogP contribution in [0.4, 0.5) is 10.5 Å². The number of anilines is 1. The molecular formula is C17H20N4O3. The van der Waals surface area contributed by atoms with Crippen LogP contribution in [0.1, 0.15) is 46.3 Å². The van der Waals surface area contributed by atoms with Gasteiger partial charge in [0.25, 0.3) is 5.91 Å². The molecule has 3 amide bonds. The third kappa shape index (κ3) is 4.01. The van der Waals surface area contributed by atoms with Crippen LogP contribution in [0, 0.1) is 0 Å². The van der Waals surface area contributed by atoms with E-state index in [0.717, 1.165) is 5.56 Å². The molecule has 0 bridgehead atoms. The molecule has 1 aromatic heterocycles. The number of carbonyl (C=O) groups excluding carboxylic acids is 3. The van der Waals surface area contributed by atoms with Gasteiger partial charge in [-0.15, -0.1) is 0 Å². The molecule has 0 fully saturated rings. The van der Waals surface area contributed by atoms with Crippen LogP contribution < -0.4 is 16.4 Å². The second kappa shape index (κ2) is 6.99. The number of urea groups is 1. The van der Waals surface area contributed by atoms with Crippen molar-refractivity contribution in [3.63, 3.8) is 0 Å². The molecule has 0 spiro atoms. The van der Waals surface area contributed by atoms with Gasteiger partial charge in [0.1, 0.15) is 5.69 Å². The van der Waals surface area contributed by atoms with E-state index in [2.05, 4.69) is 10.6 Å². The normalized spacial score (nSPS) is 11.6. The van der Waals surface area contributed by atoms with Crippen molar-refractivity contribution < 1.29 is 14.4 Å². The zero-order chi connectivity index (χ0) is 17.9. The van der Waals surface area contributed by atoms with Gasteiger partial charge in [-0.1, -0.05) is 12.1 Å². The van der Waals surface area contributed by atoms with Crippen LogP contribution in [-0.2, 0) is 7.05 Å². The van der Waals surface area contributed by atoms with Gasteiger partial charge >= 0.3 is 6.03 Å². The van der Waals surface area contributed by atoms with Gasteiger partial charge in [-0.05, 0) is 37.6 Å². The number of hydrogen-bond donors (Lipinski definition) is 3. The van der Waals surface area contributed by atoms with E-state index in [9.17, 15) is 14.4 Å². The summed E-state index contributed by atoms with van der Waals surface area (Å²) < 4.78 is 1.62. The molecule has 1 aromatic carbocycles. The van der Waals surface area contributed by atoms with Crippen molar-refractivity contribution in [1.82, 2.24) is 9.88 Å². The summed E-state index contributed by atoms with van der Waals surface area (Å²) in [5.41, 5.74) is 7.43. The smallest absolute Gasteiger partial charge is 0.316 e. The van der Waals surface area contributed by atoms with Crippen LogP contribution in [0.25, 0.3) is 0 Å². The van der Waals surface area contributed by atoms with Crippen LogP contribution in [0.3, 0.4) is 0 Å². The Balaban J connectivity index is 2.08. The molecule has 2 aromatic rings. The van der Waals surface area contributed by atoms with Gasteiger partial charge in [0, 0.05) is 24.5 Å². The zero-order valence-corrected chi connectivity index (χ0v) is 13.8. The summed E-state index contributed by atoms with van der Waals surface area (Å²) in [5, 5.41) is 5.36. The Morgan fingerprint density at radius 3 is 2.29 bits per heavy atom. The maximum atomic E-state index is 12.4. The Hall–Kier alpha value is -3.09. The van der Waals surface area contributed by atoms with Gasteiger partial charge in [0.05, 0.1) is 6.04 Å². The highest BCUT2D eigenvalue weighted by Gasteiger charge is 2.16. The zero-order valence-electron chi connectivity index (χ0n) is 13.8. The quantitative estimate of drug-likeness (QED) is 0.732. The number of nitrogens with zero attached hydrogens (tertiary/aromatic N) is 1. The highest BCUT2D eigenvalue weighted by Crippen LogP contribution is 2.17.